The number of fused-ring (bicyclic) bond motifs is 3. The molecule has 0 aliphatic rings. The van der Waals surface area contributed by atoms with Gasteiger partial charge in [0, 0.05) is 34.5 Å². The molecule has 8 nitrogen and oxygen atoms in total. The molecule has 0 saturated carbocycles. The number of aromatic amines is 1. The summed E-state index contributed by atoms with van der Waals surface area (Å²) in [7, 11) is 0. The van der Waals surface area contributed by atoms with Crippen LogP contribution in [0.4, 0.5) is 0 Å². The van der Waals surface area contributed by atoms with Gasteiger partial charge < -0.3 is 19.1 Å². The number of aliphatic carboxylic acids is 1. The molecule has 0 aliphatic heterocycles. The Bertz CT molecular complexity index is 1430. The van der Waals surface area contributed by atoms with E-state index in [1.165, 1.54) is 0 Å². The van der Waals surface area contributed by atoms with Crippen LogP contribution in [0.5, 0.6) is 11.5 Å². The van der Waals surface area contributed by atoms with Crippen molar-refractivity contribution < 1.29 is 19.4 Å². The Kier molecular flexibility index (Phi) is 6.61. The molecule has 35 heavy (non-hydrogen) atoms. The Hall–Kier alpha value is -4.33. The number of unbranched alkanes of at least 4 members (excludes halogenated alkanes) is 1. The maximum absolute atomic E-state index is 11.2. The van der Waals surface area contributed by atoms with Crippen LogP contribution in [0.15, 0.2) is 73.1 Å². The first kappa shape index (κ1) is 22.5. The van der Waals surface area contributed by atoms with Crippen LogP contribution in [0, 0.1) is 0 Å². The number of ether oxygens (including phenoxy) is 2. The van der Waals surface area contributed by atoms with E-state index < -0.39 is 5.97 Å². The number of carbonyl (C=O) groups is 1. The molecule has 0 bridgehead atoms. The fourth-order valence-corrected chi connectivity index (χ4v) is 4.20. The molecule has 2 aromatic heterocycles. The van der Waals surface area contributed by atoms with E-state index in [2.05, 4.69) is 31.9 Å². The maximum atomic E-state index is 11.2. The molecular formula is C27H26N4O4. The molecule has 0 amide bonds. The minimum Gasteiger partial charge on any atom is -0.494 e. The summed E-state index contributed by atoms with van der Waals surface area (Å²) in [6.45, 7) is 1.60. The number of hydrogen-bond acceptors (Lipinski definition) is 5. The van der Waals surface area contributed by atoms with Crippen molar-refractivity contribution in [1.82, 2.24) is 19.7 Å². The van der Waals surface area contributed by atoms with Crippen molar-refractivity contribution in [2.24, 2.45) is 0 Å². The van der Waals surface area contributed by atoms with Gasteiger partial charge in [0.1, 0.15) is 17.8 Å². The van der Waals surface area contributed by atoms with Crippen LogP contribution >= 0.6 is 0 Å². The number of nitrogens with zero attached hydrogens (tertiary/aromatic N) is 3. The topological polar surface area (TPSA) is 102 Å². The zero-order valence-corrected chi connectivity index (χ0v) is 19.2. The van der Waals surface area contributed by atoms with Crippen molar-refractivity contribution in [3.8, 4) is 22.9 Å². The smallest absolute Gasteiger partial charge is 0.305 e. The predicted octanol–water partition coefficient (Wildman–Crippen LogP) is 5.29. The molecule has 3 aromatic carbocycles. The molecule has 178 valence electrons. The van der Waals surface area contributed by atoms with E-state index in [0.29, 0.717) is 25.6 Å². The van der Waals surface area contributed by atoms with Gasteiger partial charge in [0.05, 0.1) is 25.2 Å². The number of rotatable bonds is 11. The second-order valence-electron chi connectivity index (χ2n) is 8.24. The molecule has 2 heterocycles. The second-order valence-corrected chi connectivity index (χ2v) is 8.24. The van der Waals surface area contributed by atoms with Crippen molar-refractivity contribution in [1.29, 1.82) is 0 Å². The van der Waals surface area contributed by atoms with Crippen LogP contribution in [0.3, 0.4) is 0 Å². The number of benzene rings is 3. The predicted molar refractivity (Wildman–Crippen MR) is 134 cm³/mol. The van der Waals surface area contributed by atoms with Gasteiger partial charge in [-0.05, 0) is 55.3 Å². The molecule has 0 fully saturated rings. The summed E-state index contributed by atoms with van der Waals surface area (Å²) in [5.74, 6) is 1.44. The number of carboxylic acids is 1. The monoisotopic (exact) mass is 470 g/mol. The van der Waals surface area contributed by atoms with Gasteiger partial charge in [0.2, 0.25) is 0 Å². The number of aryl methyl sites for hydroxylation is 1. The molecule has 0 radical (unpaired) electrons. The summed E-state index contributed by atoms with van der Waals surface area (Å²) in [6, 6.07) is 21.8. The van der Waals surface area contributed by atoms with Crippen molar-refractivity contribution >= 4 is 27.8 Å². The van der Waals surface area contributed by atoms with Crippen molar-refractivity contribution in [3.05, 3.63) is 73.1 Å². The van der Waals surface area contributed by atoms with E-state index in [4.69, 9.17) is 14.6 Å². The molecule has 0 saturated heterocycles. The van der Waals surface area contributed by atoms with E-state index in [1.54, 1.807) is 6.33 Å². The van der Waals surface area contributed by atoms with Crippen LogP contribution in [-0.4, -0.2) is 44.0 Å². The standard InChI is InChI=1S/C27H26N4O4/c32-26(33)13-14-31-24-6-2-1-5-22(24)23-12-11-21(17-25(23)31)35-16-4-3-15-34-20-9-7-19(8-10-20)27-28-18-29-30-27/h1-2,5-12,17-18H,3-4,13-16H2,(H,32,33)(H,28,29,30). The van der Waals surface area contributed by atoms with Gasteiger partial charge in [0.25, 0.3) is 0 Å². The van der Waals surface area contributed by atoms with Gasteiger partial charge in [-0.25, -0.2) is 4.98 Å². The Morgan fingerprint density at radius 2 is 1.60 bits per heavy atom. The van der Waals surface area contributed by atoms with E-state index in [0.717, 1.165) is 51.7 Å². The molecule has 5 rings (SSSR count). The minimum atomic E-state index is -0.809. The first-order chi connectivity index (χ1) is 17.2. The molecule has 2 N–H and O–H groups in total. The summed E-state index contributed by atoms with van der Waals surface area (Å²) >= 11 is 0. The van der Waals surface area contributed by atoms with E-state index >= 15 is 0 Å². The Balaban J connectivity index is 1.15. The molecule has 5 aromatic rings. The van der Waals surface area contributed by atoms with Crippen molar-refractivity contribution in [2.45, 2.75) is 25.8 Å². The highest BCUT2D eigenvalue weighted by atomic mass is 16.5. The van der Waals surface area contributed by atoms with Gasteiger partial charge in [0.15, 0.2) is 5.82 Å². The molecule has 8 heteroatoms. The number of aromatic nitrogens is 4. The maximum Gasteiger partial charge on any atom is 0.305 e. The lowest BCUT2D eigenvalue weighted by molar-refractivity contribution is -0.137. The number of hydrogen-bond donors (Lipinski definition) is 2. The lowest BCUT2D eigenvalue weighted by atomic mass is 10.1. The van der Waals surface area contributed by atoms with E-state index in [9.17, 15) is 4.79 Å². The largest absolute Gasteiger partial charge is 0.494 e. The number of H-pyrrole nitrogens is 1. The Morgan fingerprint density at radius 3 is 2.34 bits per heavy atom. The molecule has 0 atom stereocenters. The highest BCUT2D eigenvalue weighted by Gasteiger charge is 2.12. The summed E-state index contributed by atoms with van der Waals surface area (Å²) in [5, 5.41) is 18.2. The lowest BCUT2D eigenvalue weighted by Crippen LogP contribution is -2.05. The Labute approximate surface area is 202 Å². The number of carboxylic acid groups (broad SMARTS) is 1. The summed E-state index contributed by atoms with van der Waals surface area (Å²) in [5.41, 5.74) is 2.96. The zero-order chi connectivity index (χ0) is 24.0. The summed E-state index contributed by atoms with van der Waals surface area (Å²) in [6.07, 6.45) is 3.35. The van der Waals surface area contributed by atoms with Crippen LogP contribution < -0.4 is 9.47 Å². The van der Waals surface area contributed by atoms with Crippen LogP contribution in [0.2, 0.25) is 0 Å². The van der Waals surface area contributed by atoms with Crippen molar-refractivity contribution in [2.75, 3.05) is 13.2 Å². The third kappa shape index (κ3) is 5.11. The number of para-hydroxylation sites is 1. The average molecular weight is 471 g/mol. The van der Waals surface area contributed by atoms with Crippen molar-refractivity contribution in [3.63, 3.8) is 0 Å². The normalized spacial score (nSPS) is 11.2. The molecule has 0 unspecified atom stereocenters. The lowest BCUT2D eigenvalue weighted by Gasteiger charge is -2.09. The zero-order valence-electron chi connectivity index (χ0n) is 19.2. The third-order valence-electron chi connectivity index (χ3n) is 5.90. The van der Waals surface area contributed by atoms with Gasteiger partial charge >= 0.3 is 5.97 Å². The van der Waals surface area contributed by atoms with Gasteiger partial charge in [-0.2, -0.15) is 5.10 Å². The van der Waals surface area contributed by atoms with Gasteiger partial charge in [-0.3, -0.25) is 9.89 Å². The fraction of sp³-hybridized carbons (Fsp3) is 0.222. The quantitative estimate of drug-likeness (QED) is 0.254. The molecular weight excluding hydrogens is 444 g/mol. The highest BCUT2D eigenvalue weighted by Crippen LogP contribution is 2.32. The Morgan fingerprint density at radius 1 is 0.886 bits per heavy atom. The number of nitrogens with one attached hydrogen (secondary N) is 1. The summed E-state index contributed by atoms with van der Waals surface area (Å²) in [4.78, 5) is 15.3. The minimum absolute atomic E-state index is 0.0709. The van der Waals surface area contributed by atoms with Crippen LogP contribution in [-0.2, 0) is 11.3 Å². The summed E-state index contributed by atoms with van der Waals surface area (Å²) < 4.78 is 13.9. The third-order valence-corrected chi connectivity index (χ3v) is 5.90. The van der Waals surface area contributed by atoms with E-state index in [1.807, 2.05) is 54.6 Å². The fourth-order valence-electron chi connectivity index (χ4n) is 4.20. The first-order valence-electron chi connectivity index (χ1n) is 11.6. The molecule has 0 aliphatic carbocycles. The average Bonchev–Trinajstić information content (AvgIpc) is 3.52. The first-order valence-corrected chi connectivity index (χ1v) is 11.6. The van der Waals surface area contributed by atoms with Gasteiger partial charge in [-0.15, -0.1) is 0 Å². The van der Waals surface area contributed by atoms with Gasteiger partial charge in [-0.1, -0.05) is 18.2 Å². The molecule has 0 spiro atoms. The van der Waals surface area contributed by atoms with Crippen LogP contribution in [0.1, 0.15) is 19.3 Å². The van der Waals surface area contributed by atoms with Crippen LogP contribution in [0.25, 0.3) is 33.2 Å². The second kappa shape index (κ2) is 10.3. The van der Waals surface area contributed by atoms with E-state index in [-0.39, 0.29) is 6.42 Å². The highest BCUT2D eigenvalue weighted by molar-refractivity contribution is 6.08. The SMILES string of the molecule is O=C(O)CCn1c2ccccc2c2ccc(OCCCCOc3ccc(-c4nc[nH]n4)cc3)cc21.